The zero-order valence-electron chi connectivity index (χ0n) is 19.0. The van der Waals surface area contributed by atoms with Gasteiger partial charge in [0.1, 0.15) is 18.7 Å². The lowest BCUT2D eigenvalue weighted by molar-refractivity contribution is -0.173. The number of hydrogen-bond donors (Lipinski definition) is 4. The number of halogens is 3. The van der Waals surface area contributed by atoms with Gasteiger partial charge in [0.15, 0.2) is 17.0 Å². The van der Waals surface area contributed by atoms with Crippen molar-refractivity contribution in [1.82, 2.24) is 24.8 Å². The van der Waals surface area contributed by atoms with Crippen molar-refractivity contribution >= 4 is 22.9 Å². The number of imidazole rings is 1. The molecule has 2 unspecified atom stereocenters. The smallest absolute Gasteiger partial charge is 0.394 e. The van der Waals surface area contributed by atoms with Crippen LogP contribution in [0.3, 0.4) is 0 Å². The molecule has 3 aromatic rings. The second kappa shape index (κ2) is 10.5. The lowest BCUT2D eigenvalue weighted by atomic mass is 10.1. The van der Waals surface area contributed by atoms with E-state index < -0.39 is 37.1 Å². The predicted molar refractivity (Wildman–Crippen MR) is 121 cm³/mol. The number of nitrogens with one attached hydrogen (secondary N) is 2. The number of alkyl halides is 3. The van der Waals surface area contributed by atoms with Gasteiger partial charge in [-0.1, -0.05) is 24.0 Å². The van der Waals surface area contributed by atoms with Crippen molar-refractivity contribution in [2.45, 2.75) is 44.0 Å². The van der Waals surface area contributed by atoms with Crippen LogP contribution in [0.15, 0.2) is 36.9 Å². The first-order valence-corrected chi connectivity index (χ1v) is 11.0. The Morgan fingerprint density at radius 1 is 1.28 bits per heavy atom. The second-order valence-electron chi connectivity index (χ2n) is 8.13. The number of aliphatic hydroxyl groups is 2. The van der Waals surface area contributed by atoms with Gasteiger partial charge in [-0.15, -0.1) is 0 Å². The molecule has 1 fully saturated rings. The third-order valence-corrected chi connectivity index (χ3v) is 5.64. The normalized spacial score (nSPS) is 20.6. The number of fused-ring (bicyclic) bond motifs is 1. The monoisotopic (exact) mass is 504 g/mol. The van der Waals surface area contributed by atoms with Crippen LogP contribution in [0.4, 0.5) is 19.0 Å². The Hall–Kier alpha value is -3.73. The molecular weight excluding hydrogens is 481 g/mol. The Morgan fingerprint density at radius 3 is 2.69 bits per heavy atom. The van der Waals surface area contributed by atoms with E-state index in [2.05, 4.69) is 32.1 Å². The molecule has 0 saturated carbocycles. The van der Waals surface area contributed by atoms with E-state index in [1.165, 1.54) is 6.33 Å². The minimum Gasteiger partial charge on any atom is -0.394 e. The van der Waals surface area contributed by atoms with E-state index in [4.69, 9.17) is 4.74 Å². The van der Waals surface area contributed by atoms with Crippen LogP contribution < -0.4 is 10.6 Å². The summed E-state index contributed by atoms with van der Waals surface area (Å²) in [7, 11) is 0. The summed E-state index contributed by atoms with van der Waals surface area (Å²) < 4.78 is 43.9. The summed E-state index contributed by atoms with van der Waals surface area (Å²) in [5, 5.41) is 24.3. The molecule has 36 heavy (non-hydrogen) atoms. The zero-order valence-corrected chi connectivity index (χ0v) is 19.0. The van der Waals surface area contributed by atoms with Crippen molar-refractivity contribution in [3.8, 4) is 11.8 Å². The van der Waals surface area contributed by atoms with Gasteiger partial charge in [-0.25, -0.2) is 15.0 Å². The molecule has 4 rings (SSSR count). The summed E-state index contributed by atoms with van der Waals surface area (Å²) in [6, 6.07) is 6.88. The van der Waals surface area contributed by atoms with E-state index in [-0.39, 0.29) is 12.6 Å². The van der Waals surface area contributed by atoms with Crippen LogP contribution in [0.1, 0.15) is 36.7 Å². The Morgan fingerprint density at radius 2 is 2.03 bits per heavy atom. The summed E-state index contributed by atoms with van der Waals surface area (Å²) in [6.07, 6.45) is -3.67. The van der Waals surface area contributed by atoms with Crippen LogP contribution in [-0.2, 0) is 9.53 Å². The molecule has 1 aliphatic rings. The summed E-state index contributed by atoms with van der Waals surface area (Å²) in [5.74, 6) is 3.65. The van der Waals surface area contributed by atoms with Crippen LogP contribution in [0.5, 0.6) is 0 Å². The highest BCUT2D eigenvalue weighted by atomic mass is 19.4. The fraction of sp³-hybridized carbons (Fsp3) is 0.391. The standard InChI is InChI=1S/C23H23F3N6O4/c1-13(15-6-4-14(5-7-15)3-2-8-27-22(35)23(24,25)26)31-20-19-21(29-11-28-20)32(12-30-19)18-9-16(34)17(10-33)36-18/h4-7,11-13,16-18,33-34H,8-10H2,1H3,(H,27,35)(H,28,29,31)/t13?,16?,17-,18-/m1/s1. The first-order chi connectivity index (χ1) is 17.2. The molecule has 1 amide bonds. The molecule has 0 spiro atoms. The van der Waals surface area contributed by atoms with Gasteiger partial charge in [0.05, 0.1) is 31.6 Å². The Balaban J connectivity index is 1.41. The third kappa shape index (κ3) is 5.56. The Labute approximate surface area is 203 Å². The molecular formula is C23H23F3N6O4. The van der Waals surface area contributed by atoms with E-state index in [9.17, 15) is 28.2 Å². The van der Waals surface area contributed by atoms with E-state index in [0.29, 0.717) is 29.0 Å². The number of amides is 1. The number of carbonyl (C=O) groups excluding carboxylic acids is 1. The van der Waals surface area contributed by atoms with Crippen LogP contribution in [0.25, 0.3) is 11.2 Å². The summed E-state index contributed by atoms with van der Waals surface area (Å²) >= 11 is 0. The van der Waals surface area contributed by atoms with Crippen molar-refractivity contribution in [2.24, 2.45) is 0 Å². The fourth-order valence-corrected chi connectivity index (χ4v) is 3.73. The SMILES string of the molecule is CC(Nc1ncnc2c1ncn2[C@H]1CC(O)[C@@H](CO)O1)c1ccc(C#CCNC(=O)C(F)(F)F)cc1. The average Bonchev–Trinajstić information content (AvgIpc) is 3.45. The van der Waals surface area contributed by atoms with Gasteiger partial charge in [-0.3, -0.25) is 9.36 Å². The van der Waals surface area contributed by atoms with Gasteiger partial charge in [0.2, 0.25) is 0 Å². The van der Waals surface area contributed by atoms with Gasteiger partial charge in [-0.05, 0) is 24.6 Å². The number of aromatic nitrogens is 4. The minimum absolute atomic E-state index is 0.190. The van der Waals surface area contributed by atoms with Crippen LogP contribution in [-0.4, -0.2) is 67.2 Å². The van der Waals surface area contributed by atoms with E-state index in [0.717, 1.165) is 5.56 Å². The maximum atomic E-state index is 12.2. The van der Waals surface area contributed by atoms with Gasteiger partial charge < -0.3 is 25.6 Å². The number of carbonyl (C=O) groups is 1. The Bertz CT molecular complexity index is 1280. The van der Waals surface area contributed by atoms with Crippen molar-refractivity contribution < 1.29 is 32.9 Å². The summed E-state index contributed by atoms with van der Waals surface area (Å²) in [4.78, 5) is 23.8. The highest BCUT2D eigenvalue weighted by Crippen LogP contribution is 2.32. The maximum absolute atomic E-state index is 12.2. The maximum Gasteiger partial charge on any atom is 0.471 e. The topological polar surface area (TPSA) is 134 Å². The van der Waals surface area contributed by atoms with Gasteiger partial charge in [0.25, 0.3) is 0 Å². The highest BCUT2D eigenvalue weighted by Gasteiger charge is 2.38. The van der Waals surface area contributed by atoms with Crippen LogP contribution in [0, 0.1) is 11.8 Å². The molecule has 2 aromatic heterocycles. The lowest BCUT2D eigenvalue weighted by Gasteiger charge is -2.16. The number of ether oxygens (including phenoxy) is 1. The predicted octanol–water partition coefficient (Wildman–Crippen LogP) is 1.67. The molecule has 0 aliphatic carbocycles. The van der Waals surface area contributed by atoms with E-state index in [1.807, 2.05) is 19.1 Å². The number of rotatable bonds is 6. The van der Waals surface area contributed by atoms with E-state index >= 15 is 0 Å². The summed E-state index contributed by atoms with van der Waals surface area (Å²) in [6.45, 7) is 1.21. The van der Waals surface area contributed by atoms with Gasteiger partial charge >= 0.3 is 12.1 Å². The van der Waals surface area contributed by atoms with E-state index in [1.54, 1.807) is 28.3 Å². The number of nitrogens with zero attached hydrogens (tertiary/aromatic N) is 4. The van der Waals surface area contributed by atoms with Crippen molar-refractivity contribution in [3.63, 3.8) is 0 Å². The molecule has 4 atom stereocenters. The average molecular weight is 504 g/mol. The zero-order chi connectivity index (χ0) is 25.9. The highest BCUT2D eigenvalue weighted by molar-refractivity contribution is 5.83. The van der Waals surface area contributed by atoms with Crippen molar-refractivity contribution in [2.75, 3.05) is 18.5 Å². The molecule has 1 aromatic carbocycles. The molecule has 4 N–H and O–H groups in total. The molecule has 1 aliphatic heterocycles. The largest absolute Gasteiger partial charge is 0.471 e. The number of benzene rings is 1. The number of aliphatic hydroxyl groups excluding tert-OH is 2. The van der Waals surface area contributed by atoms with Gasteiger partial charge in [0, 0.05) is 12.0 Å². The van der Waals surface area contributed by atoms with Crippen LogP contribution in [0.2, 0.25) is 0 Å². The first-order valence-electron chi connectivity index (χ1n) is 11.0. The third-order valence-electron chi connectivity index (χ3n) is 5.64. The van der Waals surface area contributed by atoms with Crippen molar-refractivity contribution in [3.05, 3.63) is 48.0 Å². The molecule has 13 heteroatoms. The summed E-state index contributed by atoms with van der Waals surface area (Å²) in [5.41, 5.74) is 2.50. The minimum atomic E-state index is -4.93. The molecule has 0 bridgehead atoms. The molecule has 0 radical (unpaired) electrons. The molecule has 3 heterocycles. The fourth-order valence-electron chi connectivity index (χ4n) is 3.73. The first kappa shape index (κ1) is 25.4. The van der Waals surface area contributed by atoms with Crippen LogP contribution >= 0.6 is 0 Å². The Kier molecular flexibility index (Phi) is 7.39. The second-order valence-corrected chi connectivity index (χ2v) is 8.13. The molecule has 10 nitrogen and oxygen atoms in total. The van der Waals surface area contributed by atoms with Crippen molar-refractivity contribution in [1.29, 1.82) is 0 Å². The quantitative estimate of drug-likeness (QED) is 0.373. The number of hydrogen-bond acceptors (Lipinski definition) is 8. The molecule has 190 valence electrons. The van der Waals surface area contributed by atoms with Gasteiger partial charge in [-0.2, -0.15) is 13.2 Å². The lowest BCUT2D eigenvalue weighted by Crippen LogP contribution is -2.36. The number of anilines is 1. The molecule has 1 saturated heterocycles.